The summed E-state index contributed by atoms with van der Waals surface area (Å²) in [5.41, 5.74) is -2.34. The first-order valence-corrected chi connectivity index (χ1v) is 5.11. The van der Waals surface area contributed by atoms with Crippen LogP contribution in [0, 0.1) is 3.70 Å². The molecule has 1 aromatic heterocycles. The number of hydrogen-bond acceptors (Lipinski definition) is 3. The molecule has 0 saturated heterocycles. The molecule has 0 amide bonds. The zero-order chi connectivity index (χ0) is 14.1. The molecule has 3 nitrogen and oxygen atoms in total. The number of rotatable bonds is 2. The lowest BCUT2D eigenvalue weighted by Gasteiger charge is -2.16. The molecule has 0 atom stereocenters. The number of alkyl halides is 6. The van der Waals surface area contributed by atoms with E-state index in [1.54, 1.807) is 0 Å². The van der Waals surface area contributed by atoms with Gasteiger partial charge in [0.1, 0.15) is 15.0 Å². The van der Waals surface area contributed by atoms with Crippen LogP contribution in [0.1, 0.15) is 16.1 Å². The molecule has 100 valence electrons. The summed E-state index contributed by atoms with van der Waals surface area (Å²) in [6.45, 7) is 0. The smallest absolute Gasteiger partial charge is 0.402 e. The predicted octanol–water partition coefficient (Wildman–Crippen LogP) is 3.42. The van der Waals surface area contributed by atoms with E-state index in [2.05, 4.69) is 9.72 Å². The fourth-order valence-corrected chi connectivity index (χ4v) is 1.68. The minimum atomic E-state index is -5.29. The van der Waals surface area contributed by atoms with E-state index in [0.29, 0.717) is 0 Å². The van der Waals surface area contributed by atoms with E-state index in [4.69, 9.17) is 0 Å². The van der Waals surface area contributed by atoms with Gasteiger partial charge in [-0.1, -0.05) is 0 Å². The van der Waals surface area contributed by atoms with Gasteiger partial charge in [-0.15, -0.1) is 13.2 Å². The van der Waals surface area contributed by atoms with Crippen LogP contribution in [0.4, 0.5) is 26.3 Å². The second kappa shape index (κ2) is 4.90. The van der Waals surface area contributed by atoms with E-state index in [9.17, 15) is 31.1 Å². The highest BCUT2D eigenvalue weighted by molar-refractivity contribution is 14.1. The molecule has 0 fully saturated rings. The number of pyridine rings is 1. The highest BCUT2D eigenvalue weighted by Gasteiger charge is 2.41. The number of nitrogens with zero attached hydrogens (tertiary/aromatic N) is 1. The maximum absolute atomic E-state index is 12.5. The molecule has 10 heteroatoms. The SMILES string of the molecule is O=Cc1cc(C(F)(F)F)c(OC(F)(F)F)c(I)n1. The van der Waals surface area contributed by atoms with Crippen LogP contribution in [0.2, 0.25) is 0 Å². The van der Waals surface area contributed by atoms with Crippen LogP contribution in [-0.2, 0) is 6.18 Å². The van der Waals surface area contributed by atoms with E-state index in [1.807, 2.05) is 0 Å². The Labute approximate surface area is 109 Å². The summed E-state index contributed by atoms with van der Waals surface area (Å²) < 4.78 is 76.1. The van der Waals surface area contributed by atoms with Gasteiger partial charge in [-0.25, -0.2) is 4.98 Å². The first kappa shape index (κ1) is 15.0. The van der Waals surface area contributed by atoms with E-state index in [1.165, 1.54) is 0 Å². The highest BCUT2D eigenvalue weighted by Crippen LogP contribution is 2.40. The van der Waals surface area contributed by atoms with Crippen molar-refractivity contribution >= 4 is 28.9 Å². The van der Waals surface area contributed by atoms with E-state index >= 15 is 0 Å². The normalized spacial score (nSPS) is 12.4. The minimum absolute atomic E-state index is 0.00519. The number of halogens is 7. The minimum Gasteiger partial charge on any atom is -0.402 e. The van der Waals surface area contributed by atoms with Gasteiger partial charge in [0.2, 0.25) is 0 Å². The standard InChI is InChI=1S/C8H2F6INO2/c9-7(10,11)4-1-3(2-17)16-6(15)5(4)18-8(12,13)14/h1-2H. The highest BCUT2D eigenvalue weighted by atomic mass is 127. The van der Waals surface area contributed by atoms with Crippen molar-refractivity contribution in [2.75, 3.05) is 0 Å². The molecular weight excluding hydrogens is 383 g/mol. The fourth-order valence-electron chi connectivity index (χ4n) is 1.00. The molecule has 18 heavy (non-hydrogen) atoms. The second-order valence-corrected chi connectivity index (χ2v) is 3.90. The summed E-state index contributed by atoms with van der Waals surface area (Å²) in [5.74, 6) is -1.47. The molecule has 1 aromatic rings. The van der Waals surface area contributed by atoms with Crippen molar-refractivity contribution < 1.29 is 35.9 Å². The zero-order valence-electron chi connectivity index (χ0n) is 8.06. The third kappa shape index (κ3) is 3.71. The largest absolute Gasteiger partial charge is 0.573 e. The van der Waals surface area contributed by atoms with Gasteiger partial charge in [-0.05, 0) is 28.7 Å². The van der Waals surface area contributed by atoms with Gasteiger partial charge >= 0.3 is 12.5 Å². The molecule has 0 aliphatic rings. The quantitative estimate of drug-likeness (QED) is 0.339. The molecule has 0 spiro atoms. The topological polar surface area (TPSA) is 39.2 Å². The lowest BCUT2D eigenvalue weighted by molar-refractivity contribution is -0.276. The van der Waals surface area contributed by atoms with Crippen LogP contribution in [0.25, 0.3) is 0 Å². The molecule has 1 rings (SSSR count). The van der Waals surface area contributed by atoms with Gasteiger partial charge in [-0.3, -0.25) is 4.79 Å². The lowest BCUT2D eigenvalue weighted by atomic mass is 10.2. The van der Waals surface area contributed by atoms with Crippen molar-refractivity contribution in [3.8, 4) is 5.75 Å². The van der Waals surface area contributed by atoms with Crippen LogP contribution in [0.3, 0.4) is 0 Å². The Morgan fingerprint density at radius 1 is 1.22 bits per heavy atom. The molecule has 0 radical (unpaired) electrons. The Morgan fingerprint density at radius 3 is 2.17 bits per heavy atom. The van der Waals surface area contributed by atoms with Crippen LogP contribution >= 0.6 is 22.6 Å². The Kier molecular flexibility index (Phi) is 4.08. The Morgan fingerprint density at radius 2 is 1.78 bits per heavy atom. The van der Waals surface area contributed by atoms with Crippen molar-refractivity contribution in [3.05, 3.63) is 21.0 Å². The fraction of sp³-hybridized carbons (Fsp3) is 0.250. The number of aldehydes is 1. The second-order valence-electron chi connectivity index (χ2n) is 2.88. The number of carbonyl (C=O) groups is 1. The summed E-state index contributed by atoms with van der Waals surface area (Å²) in [5, 5.41) is 0. The first-order chi connectivity index (χ1) is 8.04. The van der Waals surface area contributed by atoms with Crippen molar-refractivity contribution in [1.82, 2.24) is 4.98 Å². The van der Waals surface area contributed by atoms with Crippen molar-refractivity contribution in [2.45, 2.75) is 12.5 Å². The predicted molar refractivity (Wildman–Crippen MR) is 54.0 cm³/mol. The Balaban J connectivity index is 3.43. The summed E-state index contributed by atoms with van der Waals surface area (Å²) in [6, 6.07) is 0.191. The number of aromatic nitrogens is 1. The van der Waals surface area contributed by atoms with E-state index < -0.39 is 33.2 Å². The van der Waals surface area contributed by atoms with Gasteiger partial charge in [0, 0.05) is 0 Å². The lowest BCUT2D eigenvalue weighted by Crippen LogP contribution is -2.22. The molecule has 0 saturated carbocycles. The van der Waals surface area contributed by atoms with Crippen LogP contribution in [0.15, 0.2) is 6.07 Å². The van der Waals surface area contributed by atoms with E-state index in [-0.39, 0.29) is 12.4 Å². The average molecular weight is 385 g/mol. The average Bonchev–Trinajstić information content (AvgIpc) is 2.17. The molecule has 1 heterocycles. The summed E-state index contributed by atoms with van der Waals surface area (Å²) in [7, 11) is 0. The third-order valence-electron chi connectivity index (χ3n) is 1.60. The number of hydrogen-bond donors (Lipinski definition) is 0. The van der Waals surface area contributed by atoms with Crippen molar-refractivity contribution in [3.63, 3.8) is 0 Å². The molecule has 0 aromatic carbocycles. The van der Waals surface area contributed by atoms with Crippen LogP contribution < -0.4 is 4.74 Å². The van der Waals surface area contributed by atoms with Crippen molar-refractivity contribution in [1.29, 1.82) is 0 Å². The monoisotopic (exact) mass is 385 g/mol. The third-order valence-corrected chi connectivity index (χ3v) is 2.33. The number of ether oxygens (including phenoxy) is 1. The van der Waals surface area contributed by atoms with Crippen molar-refractivity contribution in [2.24, 2.45) is 0 Å². The van der Waals surface area contributed by atoms with Crippen LogP contribution in [0.5, 0.6) is 5.75 Å². The van der Waals surface area contributed by atoms with Crippen LogP contribution in [-0.4, -0.2) is 17.6 Å². The first-order valence-electron chi connectivity index (χ1n) is 4.03. The molecular formula is C8H2F6INO2. The van der Waals surface area contributed by atoms with E-state index in [0.717, 1.165) is 22.6 Å². The molecule has 0 aliphatic heterocycles. The molecule has 0 bridgehead atoms. The zero-order valence-corrected chi connectivity index (χ0v) is 10.2. The maximum atomic E-state index is 12.5. The van der Waals surface area contributed by atoms with Gasteiger partial charge in [0.15, 0.2) is 12.0 Å². The maximum Gasteiger partial charge on any atom is 0.573 e. The van der Waals surface area contributed by atoms with Gasteiger partial charge in [0.05, 0.1) is 0 Å². The summed E-state index contributed by atoms with van der Waals surface area (Å²) >= 11 is 1.12. The molecule has 0 aliphatic carbocycles. The summed E-state index contributed by atoms with van der Waals surface area (Å²) in [4.78, 5) is 13.6. The van der Waals surface area contributed by atoms with Gasteiger partial charge < -0.3 is 4.74 Å². The van der Waals surface area contributed by atoms with Gasteiger partial charge in [0.25, 0.3) is 0 Å². The van der Waals surface area contributed by atoms with Gasteiger partial charge in [-0.2, -0.15) is 13.2 Å². The Bertz CT molecular complexity index is 470. The summed E-state index contributed by atoms with van der Waals surface area (Å²) in [6.07, 6.45) is -10.4. The number of carbonyl (C=O) groups excluding carboxylic acids is 1. The Hall–Kier alpha value is -1.07. The molecule has 0 N–H and O–H groups in total. The molecule has 0 unspecified atom stereocenters.